The van der Waals surface area contributed by atoms with Crippen molar-refractivity contribution in [2.45, 2.75) is 13.0 Å². The molecule has 2 aromatic rings. The first-order valence-corrected chi connectivity index (χ1v) is 7.37. The average Bonchev–Trinajstić information content (AvgIpc) is 3.34. The van der Waals surface area contributed by atoms with Crippen LogP contribution in [0, 0.1) is 17.7 Å². The van der Waals surface area contributed by atoms with E-state index >= 15 is 0 Å². The summed E-state index contributed by atoms with van der Waals surface area (Å²) in [6.45, 7) is 0.342. The van der Waals surface area contributed by atoms with Gasteiger partial charge in [-0.2, -0.15) is 0 Å². The number of halogens is 1. The first-order chi connectivity index (χ1) is 11.1. The van der Waals surface area contributed by atoms with Crippen molar-refractivity contribution in [1.82, 2.24) is 10.3 Å². The van der Waals surface area contributed by atoms with Crippen molar-refractivity contribution in [3.63, 3.8) is 0 Å². The summed E-state index contributed by atoms with van der Waals surface area (Å²) in [4.78, 5) is 28.2. The molecule has 2 N–H and O–H groups in total. The van der Waals surface area contributed by atoms with Gasteiger partial charge in [-0.15, -0.1) is 0 Å². The third kappa shape index (κ3) is 3.91. The van der Waals surface area contributed by atoms with Gasteiger partial charge in [-0.05, 0) is 36.8 Å². The van der Waals surface area contributed by atoms with Crippen molar-refractivity contribution in [2.75, 3.05) is 5.32 Å². The Morgan fingerprint density at radius 1 is 1.13 bits per heavy atom. The summed E-state index contributed by atoms with van der Waals surface area (Å²) in [5, 5.41) is 5.41. The Labute approximate surface area is 132 Å². The Hall–Kier alpha value is -2.76. The Bertz CT molecular complexity index is 721. The number of aromatic nitrogens is 1. The van der Waals surface area contributed by atoms with Crippen LogP contribution in [-0.2, 0) is 16.1 Å². The van der Waals surface area contributed by atoms with E-state index in [9.17, 15) is 14.0 Å². The van der Waals surface area contributed by atoms with Crippen molar-refractivity contribution in [3.05, 3.63) is 60.2 Å². The second-order valence-electron chi connectivity index (χ2n) is 5.49. The molecular formula is C17H16FN3O2. The van der Waals surface area contributed by atoms with Crippen LogP contribution in [0.25, 0.3) is 0 Å². The lowest BCUT2D eigenvalue weighted by atomic mass is 10.2. The molecule has 0 aliphatic heterocycles. The minimum atomic E-state index is -0.414. The van der Waals surface area contributed by atoms with E-state index in [0.717, 1.165) is 5.69 Å². The van der Waals surface area contributed by atoms with Crippen LogP contribution in [0.4, 0.5) is 10.1 Å². The molecule has 0 radical (unpaired) electrons. The number of rotatable bonds is 5. The molecule has 2 atom stereocenters. The molecule has 1 aromatic carbocycles. The fourth-order valence-electron chi connectivity index (χ4n) is 2.39. The number of amides is 2. The molecule has 1 aliphatic carbocycles. The zero-order valence-corrected chi connectivity index (χ0v) is 12.3. The van der Waals surface area contributed by atoms with Crippen LogP contribution < -0.4 is 10.6 Å². The molecule has 0 spiro atoms. The van der Waals surface area contributed by atoms with Gasteiger partial charge < -0.3 is 10.6 Å². The standard InChI is InChI=1S/C17H16FN3O2/c18-11-4-3-6-12(8-11)21-17(23)15-9-14(15)16(22)20-10-13-5-1-2-7-19-13/h1-8,14-15H,9-10H2,(H,20,22)(H,21,23). The topological polar surface area (TPSA) is 71.1 Å². The van der Waals surface area contributed by atoms with Crippen molar-refractivity contribution in [2.24, 2.45) is 11.8 Å². The first-order valence-electron chi connectivity index (χ1n) is 7.37. The Balaban J connectivity index is 1.48. The highest BCUT2D eigenvalue weighted by atomic mass is 19.1. The molecule has 0 bridgehead atoms. The van der Waals surface area contributed by atoms with Gasteiger partial charge in [0.1, 0.15) is 5.82 Å². The maximum absolute atomic E-state index is 13.1. The van der Waals surface area contributed by atoms with Gasteiger partial charge in [-0.1, -0.05) is 12.1 Å². The van der Waals surface area contributed by atoms with E-state index in [2.05, 4.69) is 15.6 Å². The molecule has 23 heavy (non-hydrogen) atoms. The largest absolute Gasteiger partial charge is 0.350 e. The molecule has 6 heteroatoms. The summed E-state index contributed by atoms with van der Waals surface area (Å²) in [7, 11) is 0. The smallest absolute Gasteiger partial charge is 0.228 e. The predicted molar refractivity (Wildman–Crippen MR) is 82.7 cm³/mol. The summed E-state index contributed by atoms with van der Waals surface area (Å²) in [6, 6.07) is 11.2. The minimum Gasteiger partial charge on any atom is -0.350 e. The van der Waals surface area contributed by atoms with Crippen molar-refractivity contribution >= 4 is 17.5 Å². The van der Waals surface area contributed by atoms with Gasteiger partial charge in [0.2, 0.25) is 11.8 Å². The van der Waals surface area contributed by atoms with E-state index in [1.807, 2.05) is 12.1 Å². The van der Waals surface area contributed by atoms with Gasteiger partial charge in [0, 0.05) is 11.9 Å². The second kappa shape index (κ2) is 6.56. The van der Waals surface area contributed by atoms with Gasteiger partial charge in [-0.3, -0.25) is 14.6 Å². The number of benzene rings is 1. The summed E-state index contributed by atoms with van der Waals surface area (Å²) in [5.74, 6) is -1.51. The highest BCUT2D eigenvalue weighted by molar-refractivity contribution is 5.99. The highest BCUT2D eigenvalue weighted by Crippen LogP contribution is 2.39. The van der Waals surface area contributed by atoms with Crippen LogP contribution in [0.2, 0.25) is 0 Å². The van der Waals surface area contributed by atoms with Crippen LogP contribution in [0.5, 0.6) is 0 Å². The van der Waals surface area contributed by atoms with Crippen molar-refractivity contribution in [3.8, 4) is 0 Å². The number of hydrogen-bond acceptors (Lipinski definition) is 3. The Morgan fingerprint density at radius 2 is 1.96 bits per heavy atom. The van der Waals surface area contributed by atoms with E-state index in [1.165, 1.54) is 18.2 Å². The van der Waals surface area contributed by atoms with Crippen LogP contribution in [0.15, 0.2) is 48.7 Å². The van der Waals surface area contributed by atoms with Crippen LogP contribution >= 0.6 is 0 Å². The normalized spacial score (nSPS) is 19.0. The maximum Gasteiger partial charge on any atom is 0.228 e. The molecule has 2 unspecified atom stereocenters. The SMILES string of the molecule is O=C(NCc1ccccn1)C1CC1C(=O)Nc1cccc(F)c1. The molecule has 1 aromatic heterocycles. The molecule has 1 fully saturated rings. The van der Waals surface area contributed by atoms with Crippen LogP contribution in [-0.4, -0.2) is 16.8 Å². The van der Waals surface area contributed by atoms with Crippen molar-refractivity contribution < 1.29 is 14.0 Å². The number of anilines is 1. The van der Waals surface area contributed by atoms with E-state index in [4.69, 9.17) is 0 Å². The molecule has 1 heterocycles. The van der Waals surface area contributed by atoms with E-state index < -0.39 is 5.82 Å². The minimum absolute atomic E-state index is 0.157. The number of carbonyl (C=O) groups is 2. The van der Waals surface area contributed by atoms with Gasteiger partial charge in [0.05, 0.1) is 24.1 Å². The average molecular weight is 313 g/mol. The maximum atomic E-state index is 13.1. The fourth-order valence-corrected chi connectivity index (χ4v) is 2.39. The lowest BCUT2D eigenvalue weighted by Crippen LogP contribution is -2.27. The lowest BCUT2D eigenvalue weighted by molar-refractivity contribution is -0.125. The zero-order valence-electron chi connectivity index (χ0n) is 12.3. The van der Waals surface area contributed by atoms with Gasteiger partial charge >= 0.3 is 0 Å². The first kappa shape index (κ1) is 15.1. The number of pyridine rings is 1. The highest BCUT2D eigenvalue weighted by Gasteiger charge is 2.47. The van der Waals surface area contributed by atoms with Crippen molar-refractivity contribution in [1.29, 1.82) is 0 Å². The number of nitrogens with one attached hydrogen (secondary N) is 2. The number of nitrogens with zero attached hydrogens (tertiary/aromatic N) is 1. The summed E-state index contributed by atoms with van der Waals surface area (Å²) in [5.41, 5.74) is 1.16. The number of hydrogen-bond donors (Lipinski definition) is 2. The van der Waals surface area contributed by atoms with Crippen LogP contribution in [0.1, 0.15) is 12.1 Å². The summed E-state index contributed by atoms with van der Waals surface area (Å²) < 4.78 is 13.1. The molecular weight excluding hydrogens is 297 g/mol. The molecule has 1 saturated carbocycles. The molecule has 3 rings (SSSR count). The quantitative estimate of drug-likeness (QED) is 0.888. The molecule has 5 nitrogen and oxygen atoms in total. The number of carbonyl (C=O) groups excluding carboxylic acids is 2. The van der Waals surface area contributed by atoms with E-state index in [0.29, 0.717) is 18.7 Å². The third-order valence-corrected chi connectivity index (χ3v) is 3.73. The second-order valence-corrected chi connectivity index (χ2v) is 5.49. The summed E-state index contributed by atoms with van der Waals surface area (Å²) >= 11 is 0. The van der Waals surface area contributed by atoms with Gasteiger partial charge in [0.25, 0.3) is 0 Å². The van der Waals surface area contributed by atoms with Crippen LogP contribution in [0.3, 0.4) is 0 Å². The molecule has 1 aliphatic rings. The van der Waals surface area contributed by atoms with E-state index in [1.54, 1.807) is 18.3 Å². The molecule has 118 valence electrons. The zero-order chi connectivity index (χ0) is 16.2. The monoisotopic (exact) mass is 313 g/mol. The van der Waals surface area contributed by atoms with E-state index in [-0.39, 0.29) is 23.7 Å². The molecule has 2 amide bonds. The fraction of sp³-hybridized carbons (Fsp3) is 0.235. The third-order valence-electron chi connectivity index (χ3n) is 3.73. The summed E-state index contributed by atoms with van der Waals surface area (Å²) in [6.07, 6.45) is 2.17. The van der Waals surface area contributed by atoms with Gasteiger partial charge in [0.15, 0.2) is 0 Å². The predicted octanol–water partition coefficient (Wildman–Crippen LogP) is 2.11. The van der Waals surface area contributed by atoms with Gasteiger partial charge in [-0.25, -0.2) is 4.39 Å². The lowest BCUT2D eigenvalue weighted by Gasteiger charge is -2.06. The Morgan fingerprint density at radius 3 is 2.70 bits per heavy atom. The molecule has 0 saturated heterocycles. The Kier molecular flexibility index (Phi) is 4.32.